The molecule has 0 spiro atoms. The molecule has 2 aliphatic rings. The average molecular weight is 385 g/mol. The summed E-state index contributed by atoms with van der Waals surface area (Å²) in [5.41, 5.74) is 0.892. The van der Waals surface area contributed by atoms with Gasteiger partial charge in [-0.15, -0.1) is 0 Å². The first-order chi connectivity index (χ1) is 13.6. The highest BCUT2D eigenvalue weighted by Gasteiger charge is 2.49. The smallest absolute Gasteiger partial charge is 0.226 e. The van der Waals surface area contributed by atoms with Crippen molar-refractivity contribution in [2.24, 2.45) is 5.92 Å². The van der Waals surface area contributed by atoms with Crippen molar-refractivity contribution in [2.75, 3.05) is 13.1 Å². The van der Waals surface area contributed by atoms with E-state index in [9.17, 15) is 13.6 Å². The largest absolute Gasteiger partial charge is 0.334 e. The van der Waals surface area contributed by atoms with Crippen molar-refractivity contribution in [1.82, 2.24) is 15.2 Å². The number of rotatable bonds is 5. The van der Waals surface area contributed by atoms with Crippen molar-refractivity contribution >= 4 is 5.91 Å². The number of carbonyl (C=O) groups excluding carboxylic acids is 1. The Morgan fingerprint density at radius 2 is 1.93 bits per heavy atom. The summed E-state index contributed by atoms with van der Waals surface area (Å²) in [6.45, 7) is 2.26. The maximum absolute atomic E-state index is 14.2. The number of nitrogens with one attached hydrogen (secondary N) is 1. The van der Waals surface area contributed by atoms with Gasteiger partial charge in [-0.05, 0) is 63.0 Å². The van der Waals surface area contributed by atoms with Crippen molar-refractivity contribution in [1.29, 1.82) is 0 Å². The third-order valence-corrected chi connectivity index (χ3v) is 5.81. The number of amides is 1. The van der Waals surface area contributed by atoms with E-state index in [1.807, 2.05) is 23.1 Å². The van der Waals surface area contributed by atoms with Crippen LogP contribution in [0.15, 0.2) is 42.6 Å². The van der Waals surface area contributed by atoms with E-state index in [1.165, 1.54) is 18.2 Å². The Hall–Kier alpha value is -2.34. The summed E-state index contributed by atoms with van der Waals surface area (Å²) in [5, 5.41) is 3.38. The van der Waals surface area contributed by atoms with E-state index >= 15 is 0 Å². The van der Waals surface area contributed by atoms with Gasteiger partial charge in [-0.25, -0.2) is 8.78 Å². The van der Waals surface area contributed by atoms with Gasteiger partial charge in [0, 0.05) is 29.6 Å². The summed E-state index contributed by atoms with van der Waals surface area (Å²) in [4.78, 5) is 19.6. The molecular weight excluding hydrogens is 360 g/mol. The normalized spacial score (nSPS) is 24.4. The first-order valence-electron chi connectivity index (χ1n) is 10.00. The quantitative estimate of drug-likeness (QED) is 0.855. The number of carbonyl (C=O) groups is 1. The second-order valence-electron chi connectivity index (χ2n) is 7.71. The topological polar surface area (TPSA) is 45.2 Å². The van der Waals surface area contributed by atoms with Crippen LogP contribution < -0.4 is 5.32 Å². The number of pyridine rings is 1. The molecular formula is C22H25F2N3O. The van der Waals surface area contributed by atoms with Gasteiger partial charge in [0.25, 0.3) is 0 Å². The zero-order valence-electron chi connectivity index (χ0n) is 15.8. The van der Waals surface area contributed by atoms with E-state index in [0.717, 1.165) is 38.0 Å². The van der Waals surface area contributed by atoms with Crippen LogP contribution in [0.4, 0.5) is 8.78 Å². The lowest BCUT2D eigenvalue weighted by atomic mass is 10.0. The van der Waals surface area contributed by atoms with Crippen molar-refractivity contribution in [3.63, 3.8) is 0 Å². The molecule has 4 nitrogen and oxygen atoms in total. The monoisotopic (exact) mass is 385 g/mol. The number of nitrogens with zero attached hydrogens (tertiary/aromatic N) is 2. The SMILES string of the molecule is O=C(C1CC1c1c(F)cccc1F)N(Cc1ccccn1)C1CCCNCC1. The maximum Gasteiger partial charge on any atom is 0.226 e. The molecule has 2 aromatic rings. The summed E-state index contributed by atoms with van der Waals surface area (Å²) in [6.07, 6.45) is 5.04. The van der Waals surface area contributed by atoms with Gasteiger partial charge < -0.3 is 10.2 Å². The van der Waals surface area contributed by atoms with Crippen LogP contribution in [-0.2, 0) is 11.3 Å². The fraction of sp³-hybridized carbons (Fsp3) is 0.455. The third kappa shape index (κ3) is 4.07. The van der Waals surface area contributed by atoms with Crippen LogP contribution in [0.25, 0.3) is 0 Å². The van der Waals surface area contributed by atoms with Crippen LogP contribution in [0.2, 0.25) is 0 Å². The van der Waals surface area contributed by atoms with E-state index in [1.54, 1.807) is 6.20 Å². The second-order valence-corrected chi connectivity index (χ2v) is 7.71. The van der Waals surface area contributed by atoms with Gasteiger partial charge in [0.05, 0.1) is 12.2 Å². The molecule has 1 aliphatic carbocycles. The predicted molar refractivity (Wildman–Crippen MR) is 103 cm³/mol. The fourth-order valence-electron chi connectivity index (χ4n) is 4.23. The van der Waals surface area contributed by atoms with Gasteiger partial charge in [-0.2, -0.15) is 0 Å². The highest BCUT2D eigenvalue weighted by Crippen LogP contribution is 2.50. The average Bonchev–Trinajstić information content (AvgIpc) is 3.50. The summed E-state index contributed by atoms with van der Waals surface area (Å²) < 4.78 is 28.3. The molecule has 3 unspecified atom stereocenters. The van der Waals surface area contributed by atoms with Crippen LogP contribution in [0.5, 0.6) is 0 Å². The molecule has 1 saturated carbocycles. The molecule has 4 rings (SSSR count). The van der Waals surface area contributed by atoms with Crippen molar-refractivity contribution in [2.45, 2.75) is 44.2 Å². The lowest BCUT2D eigenvalue weighted by molar-refractivity contribution is -0.136. The predicted octanol–water partition coefficient (Wildman–Crippen LogP) is 3.63. The summed E-state index contributed by atoms with van der Waals surface area (Å²) in [7, 11) is 0. The van der Waals surface area contributed by atoms with Crippen molar-refractivity contribution in [3.05, 3.63) is 65.5 Å². The standard InChI is InChI=1S/C22H25F2N3O/c23-19-7-3-8-20(24)21(19)17-13-18(17)22(28)27(14-15-5-1-2-11-26-15)16-6-4-10-25-12-9-16/h1-3,5,7-8,11,16-18,25H,4,6,9-10,12-14H2. The molecule has 1 aromatic heterocycles. The minimum absolute atomic E-state index is 0.00907. The third-order valence-electron chi connectivity index (χ3n) is 5.81. The van der Waals surface area contributed by atoms with Crippen LogP contribution in [0, 0.1) is 17.6 Å². The van der Waals surface area contributed by atoms with Gasteiger partial charge in [0.15, 0.2) is 0 Å². The molecule has 1 aliphatic heterocycles. The molecule has 3 atom stereocenters. The molecule has 0 radical (unpaired) electrons. The van der Waals surface area contributed by atoms with E-state index in [0.29, 0.717) is 13.0 Å². The Labute approximate surface area is 164 Å². The molecule has 1 saturated heterocycles. The first-order valence-corrected chi connectivity index (χ1v) is 10.00. The molecule has 0 bridgehead atoms. The Kier molecular flexibility index (Phi) is 5.67. The van der Waals surface area contributed by atoms with Gasteiger partial charge in [-0.3, -0.25) is 9.78 Å². The molecule has 2 fully saturated rings. The molecule has 6 heteroatoms. The molecule has 28 heavy (non-hydrogen) atoms. The molecule has 1 N–H and O–H groups in total. The van der Waals surface area contributed by atoms with Gasteiger partial charge in [-0.1, -0.05) is 12.1 Å². The number of hydrogen-bond acceptors (Lipinski definition) is 3. The Morgan fingerprint density at radius 1 is 1.11 bits per heavy atom. The van der Waals surface area contributed by atoms with Crippen LogP contribution >= 0.6 is 0 Å². The van der Waals surface area contributed by atoms with Crippen LogP contribution in [-0.4, -0.2) is 34.9 Å². The van der Waals surface area contributed by atoms with E-state index in [-0.39, 0.29) is 29.3 Å². The fourth-order valence-corrected chi connectivity index (χ4v) is 4.23. The summed E-state index contributed by atoms with van der Waals surface area (Å²) in [5.74, 6) is -1.86. The molecule has 2 heterocycles. The second kappa shape index (κ2) is 8.35. The number of benzene rings is 1. The number of hydrogen-bond donors (Lipinski definition) is 1. The summed E-state index contributed by atoms with van der Waals surface area (Å²) in [6, 6.07) is 9.69. The zero-order chi connectivity index (χ0) is 19.5. The highest BCUT2D eigenvalue weighted by molar-refractivity contribution is 5.83. The molecule has 148 valence electrons. The lowest BCUT2D eigenvalue weighted by Crippen LogP contribution is -2.41. The Balaban J connectivity index is 1.55. The van der Waals surface area contributed by atoms with E-state index in [2.05, 4.69) is 10.3 Å². The minimum atomic E-state index is -0.560. The van der Waals surface area contributed by atoms with Crippen LogP contribution in [0.1, 0.15) is 42.9 Å². The molecule has 1 amide bonds. The van der Waals surface area contributed by atoms with Gasteiger partial charge in [0.2, 0.25) is 5.91 Å². The van der Waals surface area contributed by atoms with Crippen molar-refractivity contribution < 1.29 is 13.6 Å². The Bertz CT molecular complexity index is 802. The van der Waals surface area contributed by atoms with Gasteiger partial charge in [0.1, 0.15) is 11.6 Å². The van der Waals surface area contributed by atoms with Crippen molar-refractivity contribution in [3.8, 4) is 0 Å². The number of aromatic nitrogens is 1. The lowest BCUT2D eigenvalue weighted by Gasteiger charge is -2.31. The molecule has 1 aromatic carbocycles. The zero-order valence-corrected chi connectivity index (χ0v) is 15.8. The Morgan fingerprint density at radius 3 is 2.68 bits per heavy atom. The van der Waals surface area contributed by atoms with Gasteiger partial charge >= 0.3 is 0 Å². The van der Waals surface area contributed by atoms with E-state index < -0.39 is 11.6 Å². The summed E-state index contributed by atoms with van der Waals surface area (Å²) >= 11 is 0. The highest BCUT2D eigenvalue weighted by atomic mass is 19.1. The maximum atomic E-state index is 14.2. The number of halogens is 2. The van der Waals surface area contributed by atoms with E-state index in [4.69, 9.17) is 0 Å². The van der Waals surface area contributed by atoms with Crippen LogP contribution in [0.3, 0.4) is 0 Å². The minimum Gasteiger partial charge on any atom is -0.334 e. The first kappa shape index (κ1) is 19.0.